The number of anilines is 2. The van der Waals surface area contributed by atoms with E-state index in [2.05, 4.69) is 48.7 Å². The first-order valence-electron chi connectivity index (χ1n) is 8.74. The van der Waals surface area contributed by atoms with Crippen LogP contribution >= 0.6 is 0 Å². The summed E-state index contributed by atoms with van der Waals surface area (Å²) >= 11 is 0. The highest BCUT2D eigenvalue weighted by molar-refractivity contribution is 5.74. The Kier molecular flexibility index (Phi) is 4.70. The van der Waals surface area contributed by atoms with E-state index >= 15 is 0 Å². The highest BCUT2D eigenvalue weighted by atomic mass is 15.2. The molecule has 0 bridgehead atoms. The molecule has 128 valence electrons. The van der Waals surface area contributed by atoms with Crippen LogP contribution < -0.4 is 15.5 Å². The molecule has 0 saturated carbocycles. The van der Waals surface area contributed by atoms with Gasteiger partial charge in [-0.25, -0.2) is 4.98 Å². The molecule has 2 aromatic heterocycles. The number of hydrogen-bond acceptors (Lipinski definition) is 6. The molecule has 1 aliphatic heterocycles. The lowest BCUT2D eigenvalue weighted by molar-refractivity contribution is 0.724. The van der Waals surface area contributed by atoms with E-state index in [9.17, 15) is 0 Å². The third kappa shape index (κ3) is 3.69. The molecule has 0 atom stereocenters. The minimum Gasteiger partial charge on any atom is -0.378 e. The standard InChI is InChI=1S/C19H22N6/c1-3-17(19(23-7-1)25-11-2-6-20-10-12-25)24-14-15-4-5-16-18(13-15)22-9-8-21-16/h1,3-5,7-9,13,20,24H,2,6,10-12,14H2. The SMILES string of the molecule is c1cnc(N2CCCNCC2)c(NCc2ccc3nccnc3c2)c1. The van der Waals surface area contributed by atoms with E-state index in [-0.39, 0.29) is 0 Å². The van der Waals surface area contributed by atoms with E-state index < -0.39 is 0 Å². The molecule has 1 aliphatic rings. The van der Waals surface area contributed by atoms with Gasteiger partial charge in [-0.05, 0) is 42.8 Å². The third-order valence-corrected chi connectivity index (χ3v) is 4.44. The third-order valence-electron chi connectivity index (χ3n) is 4.44. The van der Waals surface area contributed by atoms with Crippen molar-refractivity contribution in [2.45, 2.75) is 13.0 Å². The molecule has 25 heavy (non-hydrogen) atoms. The molecule has 1 fully saturated rings. The van der Waals surface area contributed by atoms with Gasteiger partial charge in [-0.3, -0.25) is 9.97 Å². The average molecular weight is 334 g/mol. The van der Waals surface area contributed by atoms with E-state index in [1.165, 1.54) is 5.56 Å². The summed E-state index contributed by atoms with van der Waals surface area (Å²) in [6.45, 7) is 4.82. The molecular formula is C19H22N6. The largest absolute Gasteiger partial charge is 0.378 e. The quantitative estimate of drug-likeness (QED) is 0.764. The van der Waals surface area contributed by atoms with Crippen LogP contribution in [0, 0.1) is 0 Å². The van der Waals surface area contributed by atoms with E-state index in [0.29, 0.717) is 0 Å². The van der Waals surface area contributed by atoms with E-state index in [0.717, 1.165) is 61.7 Å². The van der Waals surface area contributed by atoms with Crippen molar-refractivity contribution in [3.8, 4) is 0 Å². The molecule has 0 spiro atoms. The Labute approximate surface area is 147 Å². The lowest BCUT2D eigenvalue weighted by atomic mass is 10.2. The van der Waals surface area contributed by atoms with Gasteiger partial charge in [-0.2, -0.15) is 0 Å². The van der Waals surface area contributed by atoms with Gasteiger partial charge in [0.25, 0.3) is 0 Å². The summed E-state index contributed by atoms with van der Waals surface area (Å²) in [5.41, 5.74) is 4.10. The maximum Gasteiger partial charge on any atom is 0.152 e. The fourth-order valence-electron chi connectivity index (χ4n) is 3.16. The minimum atomic E-state index is 0.733. The predicted molar refractivity (Wildman–Crippen MR) is 101 cm³/mol. The molecule has 1 saturated heterocycles. The normalized spacial score (nSPS) is 15.1. The van der Waals surface area contributed by atoms with E-state index in [4.69, 9.17) is 0 Å². The molecular weight excluding hydrogens is 312 g/mol. The maximum absolute atomic E-state index is 4.62. The lowest BCUT2D eigenvalue weighted by Crippen LogP contribution is -2.29. The zero-order valence-corrected chi connectivity index (χ0v) is 14.2. The number of rotatable bonds is 4. The summed E-state index contributed by atoms with van der Waals surface area (Å²) in [4.78, 5) is 15.7. The molecule has 0 aliphatic carbocycles. The van der Waals surface area contributed by atoms with E-state index in [1.807, 2.05) is 18.3 Å². The first-order valence-corrected chi connectivity index (χ1v) is 8.74. The summed E-state index contributed by atoms with van der Waals surface area (Å²) in [5.74, 6) is 1.03. The lowest BCUT2D eigenvalue weighted by Gasteiger charge is -2.24. The molecule has 0 unspecified atom stereocenters. The second kappa shape index (κ2) is 7.44. The van der Waals surface area contributed by atoms with Crippen LogP contribution in [0.25, 0.3) is 11.0 Å². The van der Waals surface area contributed by atoms with Gasteiger partial charge in [-0.1, -0.05) is 6.07 Å². The molecule has 3 heterocycles. The first-order chi connectivity index (χ1) is 12.4. The zero-order valence-electron chi connectivity index (χ0n) is 14.2. The summed E-state index contributed by atoms with van der Waals surface area (Å²) in [5, 5.41) is 6.98. The number of benzene rings is 1. The van der Waals surface area contributed by atoms with Crippen molar-refractivity contribution in [2.75, 3.05) is 36.4 Å². The number of nitrogens with one attached hydrogen (secondary N) is 2. The highest BCUT2D eigenvalue weighted by Crippen LogP contribution is 2.24. The maximum atomic E-state index is 4.62. The van der Waals surface area contributed by atoms with Gasteiger partial charge in [-0.15, -0.1) is 0 Å². The van der Waals surface area contributed by atoms with Crippen LogP contribution in [0.1, 0.15) is 12.0 Å². The molecule has 2 N–H and O–H groups in total. The topological polar surface area (TPSA) is 66.0 Å². The Morgan fingerprint density at radius 1 is 0.960 bits per heavy atom. The predicted octanol–water partition coefficient (Wildman–Crippen LogP) is 2.44. The number of fused-ring (bicyclic) bond motifs is 1. The molecule has 4 rings (SSSR count). The van der Waals surface area contributed by atoms with Gasteiger partial charge < -0.3 is 15.5 Å². The first kappa shape index (κ1) is 15.8. The Hall–Kier alpha value is -2.73. The van der Waals surface area contributed by atoms with Crippen molar-refractivity contribution in [1.82, 2.24) is 20.3 Å². The Bertz CT molecular complexity index is 842. The van der Waals surface area contributed by atoms with Gasteiger partial charge in [0.05, 0.1) is 16.7 Å². The number of aromatic nitrogens is 3. The Morgan fingerprint density at radius 2 is 1.88 bits per heavy atom. The van der Waals surface area contributed by atoms with Gasteiger partial charge in [0.2, 0.25) is 0 Å². The average Bonchev–Trinajstić information content (AvgIpc) is 2.96. The second-order valence-electron chi connectivity index (χ2n) is 6.20. The molecule has 0 radical (unpaired) electrons. The fraction of sp³-hybridized carbons (Fsp3) is 0.316. The van der Waals surface area contributed by atoms with Crippen molar-refractivity contribution >= 4 is 22.5 Å². The minimum absolute atomic E-state index is 0.733. The molecule has 1 aromatic carbocycles. The van der Waals surface area contributed by atoms with Crippen LogP contribution in [0.3, 0.4) is 0 Å². The van der Waals surface area contributed by atoms with Gasteiger partial charge in [0.1, 0.15) is 0 Å². The highest BCUT2D eigenvalue weighted by Gasteiger charge is 2.14. The summed E-state index contributed by atoms with van der Waals surface area (Å²) < 4.78 is 0. The van der Waals surface area contributed by atoms with Crippen molar-refractivity contribution in [2.24, 2.45) is 0 Å². The Morgan fingerprint density at radius 3 is 2.84 bits per heavy atom. The number of pyridine rings is 1. The van der Waals surface area contributed by atoms with Crippen molar-refractivity contribution < 1.29 is 0 Å². The molecule has 3 aromatic rings. The molecule has 0 amide bonds. The molecule has 6 nitrogen and oxygen atoms in total. The second-order valence-corrected chi connectivity index (χ2v) is 6.20. The van der Waals surface area contributed by atoms with Gasteiger partial charge in [0.15, 0.2) is 5.82 Å². The zero-order chi connectivity index (χ0) is 16.9. The summed E-state index contributed by atoms with van der Waals surface area (Å²) in [6, 6.07) is 10.3. The van der Waals surface area contributed by atoms with Crippen LogP contribution in [0.4, 0.5) is 11.5 Å². The van der Waals surface area contributed by atoms with Crippen LogP contribution in [0.5, 0.6) is 0 Å². The van der Waals surface area contributed by atoms with Crippen LogP contribution in [0.15, 0.2) is 48.9 Å². The van der Waals surface area contributed by atoms with Crippen molar-refractivity contribution in [3.63, 3.8) is 0 Å². The Balaban J connectivity index is 1.52. The van der Waals surface area contributed by atoms with Gasteiger partial charge >= 0.3 is 0 Å². The monoisotopic (exact) mass is 334 g/mol. The van der Waals surface area contributed by atoms with Crippen LogP contribution in [-0.2, 0) is 6.54 Å². The number of nitrogens with zero attached hydrogens (tertiary/aromatic N) is 4. The fourth-order valence-corrected chi connectivity index (χ4v) is 3.16. The van der Waals surface area contributed by atoms with Crippen LogP contribution in [0.2, 0.25) is 0 Å². The van der Waals surface area contributed by atoms with Gasteiger partial charge in [0, 0.05) is 44.8 Å². The van der Waals surface area contributed by atoms with E-state index in [1.54, 1.807) is 12.4 Å². The molecule has 6 heteroatoms. The summed E-state index contributed by atoms with van der Waals surface area (Å²) in [6.07, 6.45) is 6.45. The number of hydrogen-bond donors (Lipinski definition) is 2. The smallest absolute Gasteiger partial charge is 0.152 e. The van der Waals surface area contributed by atoms with Crippen molar-refractivity contribution in [1.29, 1.82) is 0 Å². The van der Waals surface area contributed by atoms with Crippen molar-refractivity contribution in [3.05, 3.63) is 54.5 Å². The summed E-state index contributed by atoms with van der Waals surface area (Å²) in [7, 11) is 0. The van der Waals surface area contributed by atoms with Crippen LogP contribution in [-0.4, -0.2) is 41.1 Å².